The van der Waals surface area contributed by atoms with Crippen LogP contribution < -0.4 is 4.74 Å². The van der Waals surface area contributed by atoms with Crippen LogP contribution in [0.5, 0.6) is 5.75 Å². The molecule has 2 heterocycles. The zero-order chi connectivity index (χ0) is 22.5. The number of carbonyl (C=O) groups is 1. The van der Waals surface area contributed by atoms with Crippen LogP contribution in [-0.2, 0) is 0 Å². The third-order valence-corrected chi connectivity index (χ3v) is 5.74. The molecule has 2 aromatic carbocycles. The predicted octanol–water partition coefficient (Wildman–Crippen LogP) is 4.71. The molecule has 0 radical (unpaired) electrons. The van der Waals surface area contributed by atoms with Crippen molar-refractivity contribution in [2.45, 2.75) is 18.9 Å². The average molecular weight is 451 g/mol. The monoisotopic (exact) mass is 450 g/mol. The molecule has 0 saturated carbocycles. The Bertz CT molecular complexity index is 1090. The molecule has 32 heavy (non-hydrogen) atoms. The third kappa shape index (κ3) is 5.26. The summed E-state index contributed by atoms with van der Waals surface area (Å²) >= 11 is 6.13. The van der Waals surface area contributed by atoms with E-state index in [4.69, 9.17) is 21.3 Å². The van der Waals surface area contributed by atoms with E-state index in [0.717, 1.165) is 30.6 Å². The highest BCUT2D eigenvalue weighted by atomic mass is 35.5. The van der Waals surface area contributed by atoms with Crippen LogP contribution in [0.25, 0.3) is 11.4 Å². The van der Waals surface area contributed by atoms with Gasteiger partial charge in [0.2, 0.25) is 0 Å². The van der Waals surface area contributed by atoms with Gasteiger partial charge < -0.3 is 14.5 Å². The first kappa shape index (κ1) is 22.2. The molecule has 4 rings (SSSR count). The molecule has 1 aromatic heterocycles. The number of rotatable bonds is 7. The van der Waals surface area contributed by atoms with Gasteiger partial charge in [0.1, 0.15) is 12.4 Å². The fraction of sp³-hybridized carbons (Fsp3) is 0.320. The average Bonchev–Trinajstić information content (AvgIpc) is 3.29. The molecule has 0 unspecified atom stereocenters. The van der Waals surface area contributed by atoms with Gasteiger partial charge in [0.25, 0.3) is 5.91 Å². The SMILES string of the molecule is CN(C)CCOc1cccc(C(=O)N2CCC[C@H]2c2ccnc(-c3cccc(Cl)c3)n2)c1. The molecular weight excluding hydrogens is 424 g/mol. The predicted molar refractivity (Wildman–Crippen MR) is 126 cm³/mol. The number of likely N-dealkylation sites (N-methyl/N-ethyl adjacent to an activating group) is 1. The third-order valence-electron chi connectivity index (χ3n) is 5.50. The van der Waals surface area contributed by atoms with Gasteiger partial charge in [0.15, 0.2) is 5.82 Å². The van der Waals surface area contributed by atoms with Gasteiger partial charge in [-0.1, -0.05) is 29.8 Å². The van der Waals surface area contributed by atoms with Crippen LogP contribution in [0.15, 0.2) is 60.8 Å². The van der Waals surface area contributed by atoms with Crippen LogP contribution in [0.2, 0.25) is 5.02 Å². The van der Waals surface area contributed by atoms with Crippen molar-refractivity contribution >= 4 is 17.5 Å². The van der Waals surface area contributed by atoms with E-state index in [1.807, 2.05) is 73.6 Å². The van der Waals surface area contributed by atoms with Gasteiger partial charge in [-0.3, -0.25) is 4.79 Å². The molecule has 1 fully saturated rings. The summed E-state index contributed by atoms with van der Waals surface area (Å²) < 4.78 is 5.81. The summed E-state index contributed by atoms with van der Waals surface area (Å²) in [5, 5.41) is 0.641. The Morgan fingerprint density at radius 2 is 2.03 bits per heavy atom. The molecule has 7 heteroatoms. The first-order valence-corrected chi connectivity index (χ1v) is 11.2. The number of carbonyl (C=O) groups excluding carboxylic acids is 1. The van der Waals surface area contributed by atoms with Crippen molar-refractivity contribution < 1.29 is 9.53 Å². The number of benzene rings is 2. The quantitative estimate of drug-likeness (QED) is 0.521. The van der Waals surface area contributed by atoms with Crippen molar-refractivity contribution in [3.8, 4) is 17.1 Å². The molecule has 1 aliphatic heterocycles. The Morgan fingerprint density at radius 1 is 1.19 bits per heavy atom. The molecule has 3 aromatic rings. The Hall–Kier alpha value is -2.96. The molecule has 6 nitrogen and oxygen atoms in total. The summed E-state index contributed by atoms with van der Waals surface area (Å²) in [4.78, 5) is 26.5. The van der Waals surface area contributed by atoms with Gasteiger partial charge in [0, 0.05) is 35.4 Å². The normalized spacial score (nSPS) is 15.9. The van der Waals surface area contributed by atoms with Crippen LogP contribution in [-0.4, -0.2) is 59.5 Å². The highest BCUT2D eigenvalue weighted by Crippen LogP contribution is 2.33. The number of hydrogen-bond donors (Lipinski definition) is 0. The Balaban J connectivity index is 1.53. The van der Waals surface area contributed by atoms with E-state index in [-0.39, 0.29) is 11.9 Å². The fourth-order valence-corrected chi connectivity index (χ4v) is 4.06. The molecule has 1 amide bonds. The molecule has 166 valence electrons. The Labute approximate surface area is 193 Å². The Morgan fingerprint density at radius 3 is 2.84 bits per heavy atom. The van der Waals surface area contributed by atoms with Crippen molar-refractivity contribution in [1.29, 1.82) is 0 Å². The van der Waals surface area contributed by atoms with Crippen molar-refractivity contribution in [3.63, 3.8) is 0 Å². The Kier molecular flexibility index (Phi) is 7.02. The number of amides is 1. The summed E-state index contributed by atoms with van der Waals surface area (Å²) in [7, 11) is 4.00. The second-order valence-electron chi connectivity index (χ2n) is 8.15. The molecular formula is C25H27ClN4O2. The van der Waals surface area contributed by atoms with Gasteiger partial charge in [-0.15, -0.1) is 0 Å². The summed E-state index contributed by atoms with van der Waals surface area (Å²) in [6.45, 7) is 2.09. The lowest BCUT2D eigenvalue weighted by Crippen LogP contribution is -2.31. The van der Waals surface area contributed by atoms with Gasteiger partial charge in [-0.05, 0) is 63.3 Å². The highest BCUT2D eigenvalue weighted by molar-refractivity contribution is 6.30. The van der Waals surface area contributed by atoms with Crippen LogP contribution in [0.1, 0.15) is 34.9 Å². The lowest BCUT2D eigenvalue weighted by atomic mass is 10.1. The number of hydrogen-bond acceptors (Lipinski definition) is 5. The minimum atomic E-state index is -0.0817. The largest absolute Gasteiger partial charge is 0.492 e. The van der Waals surface area contributed by atoms with Crippen molar-refractivity contribution in [3.05, 3.63) is 77.1 Å². The first-order valence-electron chi connectivity index (χ1n) is 10.8. The minimum Gasteiger partial charge on any atom is -0.492 e. The lowest BCUT2D eigenvalue weighted by molar-refractivity contribution is 0.0732. The van der Waals surface area contributed by atoms with Crippen molar-refractivity contribution in [2.24, 2.45) is 0 Å². The summed E-state index contributed by atoms with van der Waals surface area (Å²) in [6, 6.07) is 16.7. The maximum Gasteiger partial charge on any atom is 0.254 e. The second kappa shape index (κ2) is 10.1. The molecule has 0 N–H and O–H groups in total. The minimum absolute atomic E-state index is 0.00604. The number of nitrogens with zero attached hydrogens (tertiary/aromatic N) is 4. The lowest BCUT2D eigenvalue weighted by Gasteiger charge is -2.25. The zero-order valence-electron chi connectivity index (χ0n) is 18.4. The molecule has 0 aliphatic carbocycles. The van der Waals surface area contributed by atoms with E-state index in [1.54, 1.807) is 6.20 Å². The highest BCUT2D eigenvalue weighted by Gasteiger charge is 2.32. The standard InChI is InChI=1S/C25H27ClN4O2/c1-29(2)14-15-32-21-9-4-7-19(17-21)25(31)30-13-5-10-23(30)22-11-12-27-24(28-22)18-6-3-8-20(26)16-18/h3-4,6-9,11-12,16-17,23H,5,10,13-15H2,1-2H3/t23-/m0/s1. The maximum absolute atomic E-state index is 13.4. The van der Waals surface area contributed by atoms with Gasteiger partial charge in [0.05, 0.1) is 11.7 Å². The number of halogens is 1. The van der Waals surface area contributed by atoms with Gasteiger partial charge >= 0.3 is 0 Å². The van der Waals surface area contributed by atoms with E-state index in [9.17, 15) is 4.79 Å². The van der Waals surface area contributed by atoms with Crippen LogP contribution in [0, 0.1) is 0 Å². The van der Waals surface area contributed by atoms with E-state index >= 15 is 0 Å². The topological polar surface area (TPSA) is 58.6 Å². The van der Waals surface area contributed by atoms with Gasteiger partial charge in [-0.25, -0.2) is 9.97 Å². The summed E-state index contributed by atoms with van der Waals surface area (Å²) in [5.41, 5.74) is 2.33. The molecule has 1 aliphatic rings. The number of ether oxygens (including phenoxy) is 1. The maximum atomic E-state index is 13.4. The van der Waals surface area contributed by atoms with Crippen LogP contribution in [0.3, 0.4) is 0 Å². The summed E-state index contributed by atoms with van der Waals surface area (Å²) in [5.74, 6) is 1.31. The fourth-order valence-electron chi connectivity index (χ4n) is 3.87. The van der Waals surface area contributed by atoms with Crippen LogP contribution >= 0.6 is 11.6 Å². The van der Waals surface area contributed by atoms with Gasteiger partial charge in [-0.2, -0.15) is 0 Å². The summed E-state index contributed by atoms with van der Waals surface area (Å²) in [6.07, 6.45) is 3.56. The first-order chi connectivity index (χ1) is 15.5. The molecule has 1 atom stereocenters. The van der Waals surface area contributed by atoms with Crippen LogP contribution in [0.4, 0.5) is 0 Å². The van der Waals surface area contributed by atoms with Crippen molar-refractivity contribution in [2.75, 3.05) is 33.8 Å². The van der Waals surface area contributed by atoms with E-state index in [2.05, 4.69) is 9.88 Å². The second-order valence-corrected chi connectivity index (χ2v) is 8.59. The van der Waals surface area contributed by atoms with E-state index in [1.165, 1.54) is 0 Å². The number of likely N-dealkylation sites (tertiary alicyclic amines) is 1. The van der Waals surface area contributed by atoms with E-state index < -0.39 is 0 Å². The van der Waals surface area contributed by atoms with E-state index in [0.29, 0.717) is 35.3 Å². The van der Waals surface area contributed by atoms with Crippen molar-refractivity contribution in [1.82, 2.24) is 19.8 Å². The smallest absolute Gasteiger partial charge is 0.254 e. The number of aromatic nitrogens is 2. The molecule has 1 saturated heterocycles. The zero-order valence-corrected chi connectivity index (χ0v) is 19.1. The molecule has 0 spiro atoms. The molecule has 0 bridgehead atoms.